The predicted octanol–water partition coefficient (Wildman–Crippen LogP) is 0.856. The number of hydrogen-bond donors (Lipinski definition) is 2. The molecular weight excluding hydrogens is 393 g/mol. The quantitative estimate of drug-likeness (QED) is 0.660. The molecule has 1 aliphatic rings. The molecule has 1 aromatic carbocycles. The molecule has 0 unspecified atom stereocenters. The van der Waals surface area contributed by atoms with E-state index in [9.17, 15) is 18.8 Å². The highest BCUT2D eigenvalue weighted by Gasteiger charge is 2.25. The van der Waals surface area contributed by atoms with Gasteiger partial charge in [-0.1, -0.05) is 0 Å². The summed E-state index contributed by atoms with van der Waals surface area (Å²) < 4.78 is 22.2. The van der Waals surface area contributed by atoms with E-state index >= 15 is 0 Å². The molecular formula is C20H20FN5O4. The topological polar surface area (TPSA) is 107 Å². The number of halogens is 1. The highest BCUT2D eigenvalue weighted by Crippen LogP contribution is 2.25. The van der Waals surface area contributed by atoms with Crippen molar-refractivity contribution >= 4 is 17.5 Å². The van der Waals surface area contributed by atoms with Gasteiger partial charge in [-0.2, -0.15) is 0 Å². The van der Waals surface area contributed by atoms with E-state index in [4.69, 9.17) is 4.74 Å². The minimum atomic E-state index is -0.636. The first-order valence-electron chi connectivity index (χ1n) is 9.40. The van der Waals surface area contributed by atoms with Crippen LogP contribution in [0.4, 0.5) is 4.39 Å². The van der Waals surface area contributed by atoms with Crippen LogP contribution in [0.25, 0.3) is 16.9 Å². The Kier molecular flexibility index (Phi) is 4.98. The second-order valence-corrected chi connectivity index (χ2v) is 7.04. The maximum Gasteiger partial charge on any atom is 0.294 e. The van der Waals surface area contributed by atoms with E-state index in [-0.39, 0.29) is 22.8 Å². The molecule has 1 saturated heterocycles. The second kappa shape index (κ2) is 7.62. The third kappa shape index (κ3) is 3.40. The first-order chi connectivity index (χ1) is 14.4. The molecule has 156 valence electrons. The summed E-state index contributed by atoms with van der Waals surface area (Å²) in [7, 11) is 2.94. The Morgan fingerprint density at radius 2 is 2.13 bits per heavy atom. The van der Waals surface area contributed by atoms with Crippen LogP contribution in [0.15, 0.2) is 35.4 Å². The molecule has 0 aliphatic carbocycles. The van der Waals surface area contributed by atoms with E-state index in [2.05, 4.69) is 15.6 Å². The number of nitrogens with one attached hydrogen (secondary N) is 2. The smallest absolute Gasteiger partial charge is 0.294 e. The number of benzene rings is 1. The second-order valence-electron chi connectivity index (χ2n) is 7.04. The molecule has 3 heterocycles. The lowest BCUT2D eigenvalue weighted by molar-refractivity contribution is -0.124. The van der Waals surface area contributed by atoms with Gasteiger partial charge in [-0.25, -0.2) is 9.37 Å². The molecule has 0 radical (unpaired) electrons. The predicted molar refractivity (Wildman–Crippen MR) is 106 cm³/mol. The lowest BCUT2D eigenvalue weighted by Crippen LogP contribution is -2.50. The molecule has 10 heteroatoms. The third-order valence-corrected chi connectivity index (χ3v) is 5.13. The lowest BCUT2D eigenvalue weighted by atomic mass is 10.1. The van der Waals surface area contributed by atoms with Gasteiger partial charge in [-0.3, -0.25) is 18.8 Å². The lowest BCUT2D eigenvalue weighted by Gasteiger charge is -2.22. The first-order valence-corrected chi connectivity index (χ1v) is 9.40. The normalized spacial score (nSPS) is 16.4. The molecule has 0 spiro atoms. The van der Waals surface area contributed by atoms with Crippen LogP contribution in [-0.4, -0.2) is 45.5 Å². The van der Waals surface area contributed by atoms with Crippen molar-refractivity contribution < 1.29 is 18.7 Å². The Hall–Kier alpha value is -3.69. The number of nitrogens with zero attached hydrogens (tertiary/aromatic N) is 3. The highest BCUT2D eigenvalue weighted by molar-refractivity contribution is 5.96. The fraction of sp³-hybridized carbons (Fsp3) is 0.300. The summed E-state index contributed by atoms with van der Waals surface area (Å²) in [6, 6.07) is 3.70. The van der Waals surface area contributed by atoms with E-state index in [0.29, 0.717) is 24.4 Å². The van der Waals surface area contributed by atoms with Gasteiger partial charge in [0.15, 0.2) is 0 Å². The fourth-order valence-electron chi connectivity index (χ4n) is 3.46. The maximum atomic E-state index is 14.5. The highest BCUT2D eigenvalue weighted by atomic mass is 19.1. The Morgan fingerprint density at radius 3 is 2.83 bits per heavy atom. The van der Waals surface area contributed by atoms with Crippen molar-refractivity contribution in [2.24, 2.45) is 7.05 Å². The molecule has 1 fully saturated rings. The van der Waals surface area contributed by atoms with Crippen LogP contribution in [0, 0.1) is 5.82 Å². The molecule has 4 rings (SSSR count). The Morgan fingerprint density at radius 1 is 1.33 bits per heavy atom. The van der Waals surface area contributed by atoms with Crippen molar-refractivity contribution in [3.8, 4) is 17.0 Å². The van der Waals surface area contributed by atoms with Crippen molar-refractivity contribution in [3.05, 3.63) is 52.5 Å². The number of carbonyl (C=O) groups excluding carboxylic acids is 2. The number of imidazole rings is 1. The summed E-state index contributed by atoms with van der Waals surface area (Å²) >= 11 is 0. The van der Waals surface area contributed by atoms with Gasteiger partial charge in [0.05, 0.1) is 12.8 Å². The molecule has 9 nitrogen and oxygen atoms in total. The van der Waals surface area contributed by atoms with Gasteiger partial charge in [-0.15, -0.1) is 0 Å². The number of rotatable bonds is 4. The largest absolute Gasteiger partial charge is 0.497 e. The van der Waals surface area contributed by atoms with Crippen molar-refractivity contribution in [3.63, 3.8) is 0 Å². The summed E-state index contributed by atoms with van der Waals surface area (Å²) in [6.45, 7) is 0.584. The number of piperidine rings is 1. The first kappa shape index (κ1) is 19.6. The third-order valence-electron chi connectivity index (χ3n) is 5.13. The van der Waals surface area contributed by atoms with E-state index in [1.54, 1.807) is 6.07 Å². The Bertz CT molecular complexity index is 1220. The standard InChI is InChI=1S/C20H20FN5O4/c1-25-16(12-6-5-11(30-2)8-13(12)21)10-26-9-15(23-17(26)20(25)29)19(28)24-14-4-3-7-22-18(14)27/h5-6,8-10,14H,3-4,7H2,1-2H3,(H,22,27)(H,24,28)/t14-/m1/s1. The van der Waals surface area contributed by atoms with Gasteiger partial charge in [-0.05, 0) is 25.0 Å². The monoisotopic (exact) mass is 413 g/mol. The van der Waals surface area contributed by atoms with Gasteiger partial charge >= 0.3 is 0 Å². The summed E-state index contributed by atoms with van der Waals surface area (Å²) in [5, 5.41) is 5.33. The van der Waals surface area contributed by atoms with Gasteiger partial charge in [0.1, 0.15) is 23.3 Å². The average Bonchev–Trinajstić information content (AvgIpc) is 3.17. The van der Waals surface area contributed by atoms with Crippen LogP contribution >= 0.6 is 0 Å². The number of aromatic nitrogens is 3. The average molecular weight is 413 g/mol. The minimum Gasteiger partial charge on any atom is -0.497 e. The number of carbonyl (C=O) groups is 2. The van der Waals surface area contributed by atoms with Crippen molar-refractivity contribution in [1.29, 1.82) is 0 Å². The van der Waals surface area contributed by atoms with Crippen LogP contribution < -0.4 is 20.9 Å². The van der Waals surface area contributed by atoms with E-state index in [1.165, 1.54) is 47.7 Å². The minimum absolute atomic E-state index is 0.00201. The van der Waals surface area contributed by atoms with Crippen molar-refractivity contribution in [2.75, 3.05) is 13.7 Å². The van der Waals surface area contributed by atoms with E-state index < -0.39 is 23.3 Å². The molecule has 2 N–H and O–H groups in total. The van der Waals surface area contributed by atoms with Crippen LogP contribution in [0.2, 0.25) is 0 Å². The summed E-state index contributed by atoms with van der Waals surface area (Å²) in [4.78, 5) is 41.3. The molecule has 0 saturated carbocycles. The Balaban J connectivity index is 1.71. The number of amides is 2. The number of methoxy groups -OCH3 is 1. The molecule has 2 aromatic heterocycles. The summed E-state index contributed by atoms with van der Waals surface area (Å²) in [5.41, 5.74) is 0.0444. The van der Waals surface area contributed by atoms with E-state index in [1.807, 2.05) is 0 Å². The number of ether oxygens (including phenoxy) is 1. The molecule has 1 atom stereocenters. The van der Waals surface area contributed by atoms with Crippen molar-refractivity contribution in [1.82, 2.24) is 24.6 Å². The SMILES string of the molecule is COc1ccc(-c2cn3cc(C(=O)N[C@@H]4CCCNC4=O)nc3c(=O)n2C)c(F)c1. The Labute approximate surface area is 170 Å². The maximum absolute atomic E-state index is 14.5. The number of hydrogen-bond acceptors (Lipinski definition) is 5. The van der Waals surface area contributed by atoms with Gasteiger partial charge in [0.25, 0.3) is 11.5 Å². The molecule has 0 bridgehead atoms. The molecule has 3 aromatic rings. The van der Waals surface area contributed by atoms with Crippen LogP contribution in [0.3, 0.4) is 0 Å². The van der Waals surface area contributed by atoms with Crippen LogP contribution in [0.1, 0.15) is 23.3 Å². The fourth-order valence-corrected chi connectivity index (χ4v) is 3.46. The van der Waals surface area contributed by atoms with E-state index in [0.717, 1.165) is 6.42 Å². The van der Waals surface area contributed by atoms with Gasteiger partial charge in [0.2, 0.25) is 11.6 Å². The molecule has 2 amide bonds. The zero-order valence-electron chi connectivity index (χ0n) is 16.4. The van der Waals surface area contributed by atoms with Crippen LogP contribution in [0.5, 0.6) is 5.75 Å². The molecule has 30 heavy (non-hydrogen) atoms. The summed E-state index contributed by atoms with van der Waals surface area (Å²) in [5.74, 6) is -0.993. The molecule has 1 aliphatic heterocycles. The zero-order valence-corrected chi connectivity index (χ0v) is 16.4. The number of fused-ring (bicyclic) bond motifs is 1. The zero-order chi connectivity index (χ0) is 21.4. The van der Waals surface area contributed by atoms with Gasteiger partial charge < -0.3 is 19.9 Å². The van der Waals surface area contributed by atoms with Crippen molar-refractivity contribution in [2.45, 2.75) is 18.9 Å². The van der Waals surface area contributed by atoms with Crippen LogP contribution in [-0.2, 0) is 11.8 Å². The van der Waals surface area contributed by atoms with Gasteiger partial charge in [0, 0.05) is 37.6 Å². The summed E-state index contributed by atoms with van der Waals surface area (Å²) in [6.07, 6.45) is 4.21.